The lowest BCUT2D eigenvalue weighted by Crippen LogP contribution is -1.90. The summed E-state index contributed by atoms with van der Waals surface area (Å²) < 4.78 is 0. The monoisotopic (exact) mass is 200 g/mol. The molecule has 1 aliphatic rings. The van der Waals surface area contributed by atoms with E-state index in [1.54, 1.807) is 24.3 Å². The molecule has 0 atom stereocenters. The summed E-state index contributed by atoms with van der Waals surface area (Å²) in [4.78, 5) is 22.1. The lowest BCUT2D eigenvalue weighted by molar-refractivity contribution is 0.0923. The molecule has 15 heavy (non-hydrogen) atoms. The SMILES string of the molecule is CC#CC.O=C1CC(=O)c2ccccc21. The molecule has 0 heterocycles. The predicted octanol–water partition coefficient (Wildman–Crippen LogP) is 2.49. The molecule has 2 nitrogen and oxygen atoms in total. The summed E-state index contributed by atoms with van der Waals surface area (Å²) in [6.45, 7) is 3.64. The molecule has 1 aromatic rings. The largest absolute Gasteiger partial charge is 0.294 e. The van der Waals surface area contributed by atoms with Crippen LogP contribution in [0.2, 0.25) is 0 Å². The Labute approximate surface area is 89.3 Å². The zero-order valence-electron chi connectivity index (χ0n) is 8.83. The Morgan fingerprint density at radius 1 is 0.933 bits per heavy atom. The van der Waals surface area contributed by atoms with Crippen molar-refractivity contribution in [2.45, 2.75) is 20.3 Å². The molecule has 0 bridgehead atoms. The van der Waals surface area contributed by atoms with Gasteiger partial charge in [-0.05, 0) is 13.8 Å². The van der Waals surface area contributed by atoms with Gasteiger partial charge in [0.2, 0.25) is 0 Å². The van der Waals surface area contributed by atoms with Gasteiger partial charge < -0.3 is 0 Å². The maximum atomic E-state index is 11.1. The Kier molecular flexibility index (Phi) is 3.82. The van der Waals surface area contributed by atoms with E-state index in [9.17, 15) is 9.59 Å². The summed E-state index contributed by atoms with van der Waals surface area (Å²) in [7, 11) is 0. The van der Waals surface area contributed by atoms with E-state index >= 15 is 0 Å². The number of fused-ring (bicyclic) bond motifs is 1. The van der Waals surface area contributed by atoms with E-state index in [1.165, 1.54) is 0 Å². The van der Waals surface area contributed by atoms with E-state index in [-0.39, 0.29) is 18.0 Å². The Balaban J connectivity index is 0.000000245. The molecular weight excluding hydrogens is 188 g/mol. The molecule has 0 aliphatic heterocycles. The Bertz CT molecular complexity index is 408. The van der Waals surface area contributed by atoms with Crippen LogP contribution in [0.4, 0.5) is 0 Å². The molecule has 0 saturated carbocycles. The first-order valence-corrected chi connectivity index (χ1v) is 4.69. The van der Waals surface area contributed by atoms with Crippen LogP contribution in [0.5, 0.6) is 0 Å². The maximum absolute atomic E-state index is 11.1. The number of benzene rings is 1. The van der Waals surface area contributed by atoms with Gasteiger partial charge in [0.25, 0.3) is 0 Å². The van der Waals surface area contributed by atoms with Gasteiger partial charge in [0.15, 0.2) is 11.6 Å². The number of Topliss-reactive ketones (excluding diaryl/α,β-unsaturated/α-hetero) is 2. The van der Waals surface area contributed by atoms with E-state index < -0.39 is 0 Å². The number of rotatable bonds is 0. The normalized spacial score (nSPS) is 12.1. The third-order valence-electron chi connectivity index (χ3n) is 2.10. The summed E-state index contributed by atoms with van der Waals surface area (Å²) in [5, 5.41) is 0. The number of ketones is 2. The molecule has 0 fully saturated rings. The smallest absolute Gasteiger partial charge is 0.171 e. The number of carbonyl (C=O) groups excluding carboxylic acids is 2. The van der Waals surface area contributed by atoms with Crippen LogP contribution in [0.1, 0.15) is 41.0 Å². The summed E-state index contributed by atoms with van der Waals surface area (Å²) in [5.41, 5.74) is 1.16. The van der Waals surface area contributed by atoms with Crippen LogP contribution >= 0.6 is 0 Å². The van der Waals surface area contributed by atoms with Gasteiger partial charge in [-0.2, -0.15) is 0 Å². The van der Waals surface area contributed by atoms with Crippen LogP contribution in [-0.2, 0) is 0 Å². The highest BCUT2D eigenvalue weighted by Crippen LogP contribution is 2.20. The fraction of sp³-hybridized carbons (Fsp3) is 0.231. The summed E-state index contributed by atoms with van der Waals surface area (Å²) in [6, 6.07) is 6.94. The van der Waals surface area contributed by atoms with Crippen LogP contribution in [0.15, 0.2) is 24.3 Å². The van der Waals surface area contributed by atoms with Crippen LogP contribution in [0.25, 0.3) is 0 Å². The van der Waals surface area contributed by atoms with Gasteiger partial charge in [0.05, 0.1) is 6.42 Å². The summed E-state index contributed by atoms with van der Waals surface area (Å²) in [5.74, 6) is 5.26. The highest BCUT2D eigenvalue weighted by atomic mass is 16.2. The van der Waals surface area contributed by atoms with Crippen molar-refractivity contribution in [1.29, 1.82) is 0 Å². The summed E-state index contributed by atoms with van der Waals surface area (Å²) in [6.07, 6.45) is 0.0549. The average Bonchev–Trinajstić information content (AvgIpc) is 2.56. The highest BCUT2D eigenvalue weighted by molar-refractivity contribution is 6.24. The minimum atomic E-state index is -0.0504. The van der Waals surface area contributed by atoms with Crippen molar-refractivity contribution < 1.29 is 9.59 Å². The fourth-order valence-electron chi connectivity index (χ4n) is 1.31. The molecule has 2 heteroatoms. The van der Waals surface area contributed by atoms with Gasteiger partial charge in [-0.1, -0.05) is 24.3 Å². The molecular formula is C13H12O2. The second-order valence-corrected chi connectivity index (χ2v) is 3.07. The first-order valence-electron chi connectivity index (χ1n) is 4.69. The second-order valence-electron chi connectivity index (χ2n) is 3.07. The molecule has 76 valence electrons. The van der Waals surface area contributed by atoms with Gasteiger partial charge in [0, 0.05) is 11.1 Å². The molecule has 0 radical (unpaired) electrons. The van der Waals surface area contributed by atoms with Crippen LogP contribution < -0.4 is 0 Å². The number of carbonyl (C=O) groups is 2. The van der Waals surface area contributed by atoms with Crippen molar-refractivity contribution in [3.8, 4) is 11.8 Å². The molecule has 0 spiro atoms. The number of hydrogen-bond acceptors (Lipinski definition) is 2. The first kappa shape index (κ1) is 11.2. The van der Waals surface area contributed by atoms with Crippen molar-refractivity contribution in [2.24, 2.45) is 0 Å². The van der Waals surface area contributed by atoms with E-state index in [2.05, 4.69) is 11.8 Å². The molecule has 0 aromatic heterocycles. The third-order valence-corrected chi connectivity index (χ3v) is 2.10. The predicted molar refractivity (Wildman–Crippen MR) is 58.8 cm³/mol. The van der Waals surface area contributed by atoms with Crippen LogP contribution in [-0.4, -0.2) is 11.6 Å². The first-order chi connectivity index (χ1) is 7.20. The molecule has 0 unspecified atom stereocenters. The molecule has 0 saturated heterocycles. The fourth-order valence-corrected chi connectivity index (χ4v) is 1.31. The van der Waals surface area contributed by atoms with E-state index in [0.29, 0.717) is 11.1 Å². The maximum Gasteiger partial charge on any atom is 0.171 e. The lowest BCUT2D eigenvalue weighted by Gasteiger charge is -1.90. The third kappa shape index (κ3) is 2.54. The van der Waals surface area contributed by atoms with Crippen LogP contribution in [0.3, 0.4) is 0 Å². The van der Waals surface area contributed by atoms with Crippen molar-refractivity contribution in [3.05, 3.63) is 35.4 Å². The van der Waals surface area contributed by atoms with E-state index in [0.717, 1.165) is 0 Å². The molecule has 0 amide bonds. The van der Waals surface area contributed by atoms with E-state index in [1.807, 2.05) is 13.8 Å². The second kappa shape index (κ2) is 5.11. The molecule has 0 N–H and O–H groups in total. The number of hydrogen-bond donors (Lipinski definition) is 0. The minimum absolute atomic E-state index is 0.0504. The standard InChI is InChI=1S/C9H6O2.C4H6/c10-8-5-9(11)7-4-2-1-3-6(7)8;1-3-4-2/h1-4H,5H2;1-2H3. The van der Waals surface area contributed by atoms with Gasteiger partial charge in [-0.25, -0.2) is 0 Å². The summed E-state index contributed by atoms with van der Waals surface area (Å²) >= 11 is 0. The van der Waals surface area contributed by atoms with Gasteiger partial charge in [-0.3, -0.25) is 9.59 Å². The van der Waals surface area contributed by atoms with Crippen molar-refractivity contribution >= 4 is 11.6 Å². The van der Waals surface area contributed by atoms with Gasteiger partial charge >= 0.3 is 0 Å². The average molecular weight is 200 g/mol. The zero-order valence-corrected chi connectivity index (χ0v) is 8.83. The minimum Gasteiger partial charge on any atom is -0.294 e. The molecule has 2 rings (SSSR count). The Morgan fingerprint density at radius 3 is 1.67 bits per heavy atom. The van der Waals surface area contributed by atoms with Gasteiger partial charge in [0.1, 0.15) is 0 Å². The van der Waals surface area contributed by atoms with Crippen LogP contribution in [0, 0.1) is 11.8 Å². The molecule has 1 aliphatic carbocycles. The zero-order chi connectivity index (χ0) is 11.3. The Hall–Kier alpha value is -1.88. The quantitative estimate of drug-likeness (QED) is 0.476. The Morgan fingerprint density at radius 2 is 1.33 bits per heavy atom. The highest BCUT2D eigenvalue weighted by Gasteiger charge is 2.25. The van der Waals surface area contributed by atoms with Crippen molar-refractivity contribution in [3.63, 3.8) is 0 Å². The lowest BCUT2D eigenvalue weighted by atomic mass is 10.1. The van der Waals surface area contributed by atoms with Gasteiger partial charge in [-0.15, -0.1) is 11.8 Å². The van der Waals surface area contributed by atoms with Crippen molar-refractivity contribution in [1.82, 2.24) is 0 Å². The van der Waals surface area contributed by atoms with Crippen molar-refractivity contribution in [2.75, 3.05) is 0 Å². The molecule has 1 aromatic carbocycles. The topological polar surface area (TPSA) is 34.1 Å². The van der Waals surface area contributed by atoms with E-state index in [4.69, 9.17) is 0 Å².